The van der Waals surface area contributed by atoms with Crippen LogP contribution in [-0.4, -0.2) is 0 Å². The first-order valence-electron chi connectivity index (χ1n) is 4.85. The van der Waals surface area contributed by atoms with Gasteiger partial charge in [-0.3, -0.25) is 0 Å². The Morgan fingerprint density at radius 1 is 1.14 bits per heavy atom. The Balaban J connectivity index is 2.77. The Morgan fingerprint density at radius 2 is 1.79 bits per heavy atom. The molecule has 0 saturated heterocycles. The molecule has 14 heavy (non-hydrogen) atoms. The van der Waals surface area contributed by atoms with Crippen LogP contribution in [0.2, 0.25) is 0 Å². The smallest absolute Gasteiger partial charge is 0.0295 e. The normalized spacial score (nSPS) is 12.5. The van der Waals surface area contributed by atoms with Gasteiger partial charge in [0.2, 0.25) is 0 Å². The highest BCUT2D eigenvalue weighted by atomic mass is 127. The molecule has 0 aliphatic rings. The Kier molecular flexibility index (Phi) is 6.09. The second-order valence-corrected chi connectivity index (χ2v) is 5.57. The highest BCUT2D eigenvalue weighted by molar-refractivity contribution is 14.1. The minimum atomic E-state index is 1.21. The van der Waals surface area contributed by atoms with Gasteiger partial charge in [-0.05, 0) is 63.6 Å². The van der Waals surface area contributed by atoms with Gasteiger partial charge in [0.05, 0.1) is 0 Å². The summed E-state index contributed by atoms with van der Waals surface area (Å²) in [5, 5.41) is 0. The van der Waals surface area contributed by atoms with E-state index in [1.54, 1.807) is 0 Å². The summed E-state index contributed by atoms with van der Waals surface area (Å²) < 4.78 is 2.88. The van der Waals surface area contributed by atoms with Crippen LogP contribution in [0.1, 0.15) is 31.7 Å². The lowest BCUT2D eigenvalue weighted by atomic mass is 10.2. The molecule has 0 nitrogen and oxygen atoms in total. The molecule has 0 aliphatic carbocycles. The average molecular weight is 412 g/mol. The number of hydrogen-bond acceptors (Lipinski definition) is 0. The summed E-state index contributed by atoms with van der Waals surface area (Å²) in [5.41, 5.74) is 1.34. The molecule has 1 aromatic rings. The number of unbranched alkanes of at least 4 members (excludes halogenated alkanes) is 1. The summed E-state index contributed by atoms with van der Waals surface area (Å²) in [7, 11) is 0. The van der Waals surface area contributed by atoms with E-state index in [-0.39, 0.29) is 0 Å². The molecule has 1 aromatic carbocycles. The van der Waals surface area contributed by atoms with Crippen LogP contribution < -0.4 is 0 Å². The third-order valence-corrected chi connectivity index (χ3v) is 5.40. The van der Waals surface area contributed by atoms with E-state index in [4.69, 9.17) is 0 Å². The maximum atomic E-state index is 2.47. The zero-order valence-corrected chi connectivity index (χ0v) is 12.6. The third kappa shape index (κ3) is 3.88. The van der Waals surface area contributed by atoms with Crippen molar-refractivity contribution in [2.24, 2.45) is 0 Å². The van der Waals surface area contributed by atoms with E-state index in [1.165, 1.54) is 32.0 Å². The maximum absolute atomic E-state index is 2.47. The molecule has 0 aromatic heterocycles. The Hall–Kier alpha value is 0.420. The summed E-state index contributed by atoms with van der Waals surface area (Å²) in [5.74, 6) is 0. The maximum Gasteiger partial charge on any atom is 0.0295 e. The summed E-state index contributed by atoms with van der Waals surface area (Å²) in [6, 6.07) is 10.6. The van der Waals surface area contributed by atoms with Gasteiger partial charge in [-0.15, -0.1) is 0 Å². The molecule has 0 unspecified atom stereocenters. The Bertz CT molecular complexity index is 301. The molecule has 0 aliphatic heterocycles. The molecule has 0 amide bonds. The molecule has 0 N–H and O–H groups in total. The third-order valence-electron chi connectivity index (χ3n) is 2.02. The van der Waals surface area contributed by atoms with Crippen molar-refractivity contribution in [2.75, 3.05) is 0 Å². The van der Waals surface area contributed by atoms with Gasteiger partial charge in [-0.2, -0.15) is 0 Å². The van der Waals surface area contributed by atoms with Gasteiger partial charge in [0.1, 0.15) is 0 Å². The van der Waals surface area contributed by atoms with Gasteiger partial charge < -0.3 is 0 Å². The van der Waals surface area contributed by atoms with Crippen molar-refractivity contribution in [1.29, 1.82) is 0 Å². The van der Waals surface area contributed by atoms with Gasteiger partial charge >= 0.3 is 0 Å². The van der Waals surface area contributed by atoms with Crippen LogP contribution in [0.15, 0.2) is 33.9 Å². The van der Waals surface area contributed by atoms with Crippen LogP contribution in [-0.2, 0) is 0 Å². The zero-order chi connectivity index (χ0) is 10.4. The van der Waals surface area contributed by atoms with Crippen molar-refractivity contribution in [3.8, 4) is 0 Å². The second-order valence-electron chi connectivity index (χ2n) is 3.19. The topological polar surface area (TPSA) is 0 Å². The number of hydrogen-bond donors (Lipinski definition) is 0. The van der Waals surface area contributed by atoms with Crippen molar-refractivity contribution >= 4 is 48.8 Å². The lowest BCUT2D eigenvalue weighted by molar-refractivity contribution is 0.814. The van der Waals surface area contributed by atoms with Gasteiger partial charge in [0.15, 0.2) is 0 Å². The average Bonchev–Trinajstić information content (AvgIpc) is 2.26. The molecule has 0 bridgehead atoms. The van der Waals surface area contributed by atoms with Gasteiger partial charge in [0.25, 0.3) is 0 Å². The lowest BCUT2D eigenvalue weighted by Crippen LogP contribution is -1.80. The molecule has 0 atom stereocenters. The van der Waals surface area contributed by atoms with E-state index in [2.05, 4.69) is 82.4 Å². The van der Waals surface area contributed by atoms with E-state index in [0.717, 1.165) is 0 Å². The fraction of sp³-hybridized carbons (Fsp3) is 0.333. The van der Waals surface area contributed by atoms with Crippen molar-refractivity contribution in [2.45, 2.75) is 26.2 Å². The predicted molar refractivity (Wildman–Crippen MR) is 80.9 cm³/mol. The largest absolute Gasteiger partial charge is 0.0654 e. The fourth-order valence-electron chi connectivity index (χ4n) is 1.18. The SMILES string of the molecule is CCCC/C(I)=C(\I)c1ccccc1. The first-order chi connectivity index (χ1) is 6.75. The highest BCUT2D eigenvalue weighted by Crippen LogP contribution is 2.32. The molecular weight excluding hydrogens is 398 g/mol. The van der Waals surface area contributed by atoms with Crippen LogP contribution in [0.3, 0.4) is 0 Å². The number of rotatable bonds is 4. The van der Waals surface area contributed by atoms with Crippen LogP contribution in [0.4, 0.5) is 0 Å². The van der Waals surface area contributed by atoms with Crippen LogP contribution >= 0.6 is 45.2 Å². The van der Waals surface area contributed by atoms with E-state index >= 15 is 0 Å². The minimum absolute atomic E-state index is 1.21. The van der Waals surface area contributed by atoms with Crippen molar-refractivity contribution < 1.29 is 0 Å². The van der Waals surface area contributed by atoms with E-state index in [0.29, 0.717) is 0 Å². The first kappa shape index (κ1) is 12.5. The monoisotopic (exact) mass is 412 g/mol. The van der Waals surface area contributed by atoms with Gasteiger partial charge in [-0.25, -0.2) is 0 Å². The van der Waals surface area contributed by atoms with E-state index < -0.39 is 0 Å². The van der Waals surface area contributed by atoms with Crippen molar-refractivity contribution in [1.82, 2.24) is 0 Å². The fourth-order valence-corrected chi connectivity index (χ4v) is 2.50. The standard InChI is InChI=1S/C12H14I2/c1-2-3-9-11(13)12(14)10-7-5-4-6-8-10/h4-8H,2-3,9H2,1H3/b12-11+. The van der Waals surface area contributed by atoms with Gasteiger partial charge in [0, 0.05) is 7.16 Å². The summed E-state index contributed by atoms with van der Waals surface area (Å²) >= 11 is 4.91. The molecular formula is C12H14I2. The Morgan fingerprint density at radius 3 is 2.36 bits per heavy atom. The first-order valence-corrected chi connectivity index (χ1v) is 7.01. The predicted octanol–water partition coefficient (Wildman–Crippen LogP) is 5.42. The molecule has 0 radical (unpaired) electrons. The zero-order valence-electron chi connectivity index (χ0n) is 8.26. The van der Waals surface area contributed by atoms with E-state index in [9.17, 15) is 0 Å². The van der Waals surface area contributed by atoms with E-state index in [1.807, 2.05) is 0 Å². The van der Waals surface area contributed by atoms with Crippen LogP contribution in [0, 0.1) is 0 Å². The number of allylic oxidation sites excluding steroid dienone is 1. The van der Waals surface area contributed by atoms with Gasteiger partial charge in [-0.1, -0.05) is 43.7 Å². The van der Waals surface area contributed by atoms with Crippen molar-refractivity contribution in [3.05, 3.63) is 39.5 Å². The number of benzene rings is 1. The molecule has 0 heterocycles. The highest BCUT2D eigenvalue weighted by Gasteiger charge is 2.02. The second kappa shape index (κ2) is 6.82. The van der Waals surface area contributed by atoms with Crippen molar-refractivity contribution in [3.63, 3.8) is 0 Å². The lowest BCUT2D eigenvalue weighted by Gasteiger charge is -2.04. The van der Waals surface area contributed by atoms with Crippen LogP contribution in [0.5, 0.6) is 0 Å². The molecule has 1 rings (SSSR count). The summed E-state index contributed by atoms with van der Waals surface area (Å²) in [4.78, 5) is 0. The van der Waals surface area contributed by atoms with Crippen LogP contribution in [0.25, 0.3) is 3.58 Å². The molecule has 0 fully saturated rings. The summed E-state index contributed by atoms with van der Waals surface area (Å²) in [6.45, 7) is 2.24. The Labute approximate surface area is 113 Å². The number of halogens is 2. The minimum Gasteiger partial charge on any atom is -0.0654 e. The quantitative estimate of drug-likeness (QED) is 0.580. The molecule has 76 valence electrons. The summed E-state index contributed by atoms with van der Waals surface area (Å²) in [6.07, 6.45) is 3.77. The molecule has 0 spiro atoms. The molecule has 0 saturated carbocycles. The molecule has 2 heteroatoms.